The highest BCUT2D eigenvalue weighted by Crippen LogP contribution is 2.41. The van der Waals surface area contributed by atoms with Crippen molar-refractivity contribution in [3.8, 4) is 67.5 Å². The molecule has 0 saturated carbocycles. The highest BCUT2D eigenvalue weighted by molar-refractivity contribution is 7.25. The molecule has 3 aromatic heterocycles. The van der Waals surface area contributed by atoms with Crippen LogP contribution in [0.3, 0.4) is 0 Å². The van der Waals surface area contributed by atoms with Gasteiger partial charge in [0.2, 0.25) is 0 Å². The zero-order valence-corrected chi connectivity index (χ0v) is 30.9. The fourth-order valence-corrected chi connectivity index (χ4v) is 8.93. The molecule has 0 N–H and O–H groups in total. The number of furan rings is 1. The van der Waals surface area contributed by atoms with Crippen LogP contribution in [0.5, 0.6) is 0 Å². The Morgan fingerprint density at radius 1 is 0.304 bits per heavy atom. The number of hydrogen-bond acceptors (Lipinski definition) is 5. The van der Waals surface area contributed by atoms with E-state index in [1.807, 2.05) is 47.7 Å². The first-order valence-corrected chi connectivity index (χ1v) is 19.5. The standard InChI is InChI=1S/C51H31N3OS/c1-3-12-32(13-4-1)34-16-11-17-37(28-34)50-52-49(33-14-5-2-6-15-33)53-51(54-50)38-23-25-41-44-29-35(24-27-45(44)55-46(41)30-38)39-18-7-8-19-40(39)36-22-26-43-42-20-9-10-21-47(42)56-48(43)31-36/h1-31H. The fraction of sp³-hybridized carbons (Fsp3) is 0. The van der Waals surface area contributed by atoms with Crippen LogP contribution in [-0.2, 0) is 0 Å². The number of thiophene rings is 1. The summed E-state index contributed by atoms with van der Waals surface area (Å²) in [4.78, 5) is 15.0. The van der Waals surface area contributed by atoms with Crippen LogP contribution in [0.15, 0.2) is 192 Å². The summed E-state index contributed by atoms with van der Waals surface area (Å²) < 4.78 is 9.14. The molecule has 56 heavy (non-hydrogen) atoms. The molecule has 3 heterocycles. The van der Waals surface area contributed by atoms with Crippen molar-refractivity contribution in [3.63, 3.8) is 0 Å². The molecule has 11 rings (SSSR count). The average Bonchev–Trinajstić information content (AvgIpc) is 3.84. The molecule has 0 bridgehead atoms. The Hall–Kier alpha value is -7.21. The van der Waals surface area contributed by atoms with Gasteiger partial charge in [-0.2, -0.15) is 0 Å². The zero-order valence-electron chi connectivity index (χ0n) is 30.1. The summed E-state index contributed by atoms with van der Waals surface area (Å²) in [7, 11) is 0. The van der Waals surface area contributed by atoms with Crippen molar-refractivity contribution in [2.24, 2.45) is 0 Å². The van der Waals surface area contributed by atoms with E-state index in [9.17, 15) is 0 Å². The molecular weight excluding hydrogens is 703 g/mol. The van der Waals surface area contributed by atoms with E-state index in [2.05, 4.69) is 152 Å². The quantitative estimate of drug-likeness (QED) is 0.171. The first-order valence-electron chi connectivity index (χ1n) is 18.7. The second kappa shape index (κ2) is 13.3. The predicted octanol–water partition coefficient (Wildman–Crippen LogP) is 14.1. The molecule has 0 atom stereocenters. The Morgan fingerprint density at radius 2 is 0.857 bits per heavy atom. The molecular formula is C51H31N3OS. The lowest BCUT2D eigenvalue weighted by Gasteiger charge is -2.11. The number of fused-ring (bicyclic) bond motifs is 6. The van der Waals surface area contributed by atoms with Crippen molar-refractivity contribution in [1.82, 2.24) is 15.0 Å². The maximum atomic E-state index is 6.52. The molecule has 0 aliphatic rings. The third-order valence-electron chi connectivity index (χ3n) is 10.6. The van der Waals surface area contributed by atoms with Gasteiger partial charge in [-0.1, -0.05) is 146 Å². The first-order chi connectivity index (χ1) is 27.7. The topological polar surface area (TPSA) is 51.8 Å². The van der Waals surface area contributed by atoms with Crippen molar-refractivity contribution in [2.45, 2.75) is 0 Å². The molecule has 11 aromatic rings. The summed E-state index contributed by atoms with van der Waals surface area (Å²) in [6.07, 6.45) is 0. The van der Waals surface area contributed by atoms with E-state index in [0.717, 1.165) is 55.3 Å². The van der Waals surface area contributed by atoms with E-state index in [0.29, 0.717) is 17.5 Å². The molecule has 0 spiro atoms. The minimum atomic E-state index is 0.589. The van der Waals surface area contributed by atoms with Crippen LogP contribution in [0.4, 0.5) is 0 Å². The van der Waals surface area contributed by atoms with Gasteiger partial charge in [0.1, 0.15) is 11.2 Å². The normalized spacial score (nSPS) is 11.6. The van der Waals surface area contributed by atoms with E-state index in [-0.39, 0.29) is 0 Å². The Balaban J connectivity index is 0.994. The molecule has 0 unspecified atom stereocenters. The van der Waals surface area contributed by atoms with Crippen LogP contribution in [0.25, 0.3) is 110 Å². The zero-order chi connectivity index (χ0) is 37.0. The lowest BCUT2D eigenvalue weighted by molar-refractivity contribution is 0.669. The van der Waals surface area contributed by atoms with E-state index in [1.165, 1.54) is 36.9 Å². The lowest BCUT2D eigenvalue weighted by atomic mass is 9.93. The molecule has 0 amide bonds. The van der Waals surface area contributed by atoms with E-state index in [4.69, 9.17) is 19.4 Å². The molecule has 4 nitrogen and oxygen atoms in total. The summed E-state index contributed by atoms with van der Waals surface area (Å²) in [5, 5.41) is 4.73. The Kier molecular flexibility index (Phi) is 7.64. The first kappa shape index (κ1) is 32.2. The van der Waals surface area contributed by atoms with Crippen LogP contribution in [-0.4, -0.2) is 15.0 Å². The second-order valence-electron chi connectivity index (χ2n) is 14.0. The number of aromatic nitrogens is 3. The number of nitrogens with zero attached hydrogens (tertiary/aromatic N) is 3. The Bertz CT molecular complexity index is 3260. The smallest absolute Gasteiger partial charge is 0.164 e. The lowest BCUT2D eigenvalue weighted by Crippen LogP contribution is -2.00. The van der Waals surface area contributed by atoms with Gasteiger partial charge in [0.05, 0.1) is 0 Å². The average molecular weight is 734 g/mol. The van der Waals surface area contributed by atoms with E-state index < -0.39 is 0 Å². The van der Waals surface area contributed by atoms with Gasteiger partial charge in [-0.05, 0) is 75.8 Å². The van der Waals surface area contributed by atoms with Crippen molar-refractivity contribution in [2.75, 3.05) is 0 Å². The van der Waals surface area contributed by atoms with Crippen LogP contribution in [0, 0.1) is 0 Å². The Morgan fingerprint density at radius 3 is 1.64 bits per heavy atom. The minimum absolute atomic E-state index is 0.589. The molecule has 0 aliphatic carbocycles. The van der Waals surface area contributed by atoms with Gasteiger partial charge in [0.15, 0.2) is 17.5 Å². The molecule has 0 saturated heterocycles. The largest absolute Gasteiger partial charge is 0.456 e. The number of hydrogen-bond donors (Lipinski definition) is 0. The van der Waals surface area contributed by atoms with Gasteiger partial charge in [-0.3, -0.25) is 0 Å². The van der Waals surface area contributed by atoms with Crippen molar-refractivity contribution in [1.29, 1.82) is 0 Å². The molecule has 0 fully saturated rings. The maximum absolute atomic E-state index is 6.52. The highest BCUT2D eigenvalue weighted by Gasteiger charge is 2.17. The predicted molar refractivity (Wildman–Crippen MR) is 233 cm³/mol. The van der Waals surface area contributed by atoms with Crippen molar-refractivity contribution in [3.05, 3.63) is 188 Å². The third-order valence-corrected chi connectivity index (χ3v) is 11.7. The second-order valence-corrected chi connectivity index (χ2v) is 15.1. The maximum Gasteiger partial charge on any atom is 0.164 e. The summed E-state index contributed by atoms with van der Waals surface area (Å²) in [5.41, 5.74) is 11.3. The molecule has 5 heteroatoms. The van der Waals surface area contributed by atoms with Gasteiger partial charge in [-0.25, -0.2) is 15.0 Å². The van der Waals surface area contributed by atoms with E-state index >= 15 is 0 Å². The molecule has 8 aromatic carbocycles. The van der Waals surface area contributed by atoms with Crippen molar-refractivity contribution < 1.29 is 4.42 Å². The van der Waals surface area contributed by atoms with E-state index in [1.54, 1.807) is 0 Å². The Labute approximate surface area is 327 Å². The summed E-state index contributed by atoms with van der Waals surface area (Å²) in [6, 6.07) is 65.8. The van der Waals surface area contributed by atoms with Crippen LogP contribution in [0.1, 0.15) is 0 Å². The fourth-order valence-electron chi connectivity index (χ4n) is 7.78. The van der Waals surface area contributed by atoms with Crippen LogP contribution < -0.4 is 0 Å². The molecule has 262 valence electrons. The number of rotatable bonds is 6. The van der Waals surface area contributed by atoms with Gasteiger partial charge >= 0.3 is 0 Å². The summed E-state index contributed by atoms with van der Waals surface area (Å²) in [5.74, 6) is 1.83. The highest BCUT2D eigenvalue weighted by atomic mass is 32.1. The third kappa shape index (κ3) is 5.65. The SMILES string of the molecule is c1ccc(-c2cccc(-c3nc(-c4ccccc4)nc(-c4ccc5c(c4)oc4ccc(-c6ccccc6-c6ccc7c(c6)sc6ccccc67)cc45)n3)c2)cc1. The van der Waals surface area contributed by atoms with Gasteiger partial charge in [-0.15, -0.1) is 11.3 Å². The number of benzene rings is 8. The summed E-state index contributed by atoms with van der Waals surface area (Å²) >= 11 is 1.85. The monoisotopic (exact) mass is 733 g/mol. The molecule has 0 radical (unpaired) electrons. The van der Waals surface area contributed by atoms with Gasteiger partial charge < -0.3 is 4.42 Å². The van der Waals surface area contributed by atoms with Gasteiger partial charge in [0, 0.05) is 47.6 Å². The van der Waals surface area contributed by atoms with Crippen LogP contribution >= 0.6 is 11.3 Å². The van der Waals surface area contributed by atoms with Crippen LogP contribution in [0.2, 0.25) is 0 Å². The van der Waals surface area contributed by atoms with Crippen molar-refractivity contribution >= 4 is 53.4 Å². The summed E-state index contributed by atoms with van der Waals surface area (Å²) in [6.45, 7) is 0. The molecule has 0 aliphatic heterocycles. The minimum Gasteiger partial charge on any atom is -0.456 e. The van der Waals surface area contributed by atoms with Gasteiger partial charge in [0.25, 0.3) is 0 Å².